The molecule has 1 aliphatic heterocycles. The summed E-state index contributed by atoms with van der Waals surface area (Å²) in [6.07, 6.45) is -0.444. The predicted octanol–water partition coefficient (Wildman–Crippen LogP) is 1.67. The Kier molecular flexibility index (Phi) is 6.41. The zero-order valence-electron chi connectivity index (χ0n) is 15.2. The number of benzene rings is 2. The van der Waals surface area contributed by atoms with E-state index in [1.54, 1.807) is 4.68 Å². The number of carbonyl (C=O) groups is 1. The van der Waals surface area contributed by atoms with Gasteiger partial charge in [-0.2, -0.15) is 0 Å². The smallest absolute Gasteiger partial charge is 0.291 e. The molecule has 146 valence electrons. The first-order valence-electron chi connectivity index (χ1n) is 8.97. The molecule has 0 radical (unpaired) electrons. The van der Waals surface area contributed by atoms with E-state index in [0.29, 0.717) is 25.5 Å². The quantitative estimate of drug-likeness (QED) is 0.607. The van der Waals surface area contributed by atoms with E-state index in [4.69, 9.17) is 0 Å². The number of nitrogens with zero attached hydrogens (tertiary/aromatic N) is 3. The minimum atomic E-state index is -0.444. The van der Waals surface area contributed by atoms with Gasteiger partial charge in [-0.15, -0.1) is 17.5 Å². The number of nitrogens with one attached hydrogen (secondary N) is 2. The van der Waals surface area contributed by atoms with Crippen molar-refractivity contribution >= 4 is 18.3 Å². The molecule has 1 fully saturated rings. The molecule has 28 heavy (non-hydrogen) atoms. The second kappa shape index (κ2) is 8.97. The molecule has 2 atom stereocenters. The Labute approximate surface area is 169 Å². The number of amides is 1. The Hall–Kier alpha value is -2.74. The summed E-state index contributed by atoms with van der Waals surface area (Å²) in [4.78, 5) is 17.1. The highest BCUT2D eigenvalue weighted by atomic mass is 35.5. The first-order chi connectivity index (χ1) is 13.2. The fourth-order valence-corrected chi connectivity index (χ4v) is 3.16. The summed E-state index contributed by atoms with van der Waals surface area (Å²) < 4.78 is 1.68. The summed E-state index contributed by atoms with van der Waals surface area (Å²) in [5.41, 5.74) is 1.71. The van der Waals surface area contributed by atoms with Gasteiger partial charge in [0.15, 0.2) is 5.82 Å². The topological polar surface area (TPSA) is 92.1 Å². The summed E-state index contributed by atoms with van der Waals surface area (Å²) in [6, 6.07) is 19.3. The van der Waals surface area contributed by atoms with Gasteiger partial charge in [0.2, 0.25) is 5.82 Å². The monoisotopic (exact) mass is 399 g/mol. The zero-order valence-corrected chi connectivity index (χ0v) is 16.0. The van der Waals surface area contributed by atoms with Crippen molar-refractivity contribution in [3.05, 3.63) is 66.5 Å². The van der Waals surface area contributed by atoms with Crippen LogP contribution in [0.1, 0.15) is 10.6 Å². The highest BCUT2D eigenvalue weighted by Crippen LogP contribution is 2.21. The van der Waals surface area contributed by atoms with Gasteiger partial charge in [-0.05, 0) is 12.1 Å². The molecule has 0 saturated carbocycles. The van der Waals surface area contributed by atoms with Crippen molar-refractivity contribution in [1.29, 1.82) is 0 Å². The fourth-order valence-electron chi connectivity index (χ4n) is 3.16. The third-order valence-corrected chi connectivity index (χ3v) is 4.67. The van der Waals surface area contributed by atoms with Crippen LogP contribution in [-0.2, 0) is 0 Å². The average Bonchev–Trinajstić information content (AvgIpc) is 3.34. The molecular formula is C20H22ClN5O2. The standard InChI is InChI=1S/C20H21N5O2.ClH/c26-17-13-21-11-15(17)12-22-20(27)18-23-19(14-7-3-1-4-8-14)25(24-18)16-9-5-2-6-10-16;/h1-10,15,17,21,26H,11-13H2,(H,22,27);1H. The summed E-state index contributed by atoms with van der Waals surface area (Å²) >= 11 is 0. The SMILES string of the molecule is Cl.O=C(NCC1CNCC1O)c1nc(-c2ccccc2)n(-c2ccccc2)n1. The van der Waals surface area contributed by atoms with Crippen LogP contribution < -0.4 is 10.6 Å². The van der Waals surface area contributed by atoms with Gasteiger partial charge in [0.1, 0.15) is 0 Å². The molecule has 2 unspecified atom stereocenters. The van der Waals surface area contributed by atoms with E-state index in [1.165, 1.54) is 0 Å². The van der Waals surface area contributed by atoms with Crippen molar-refractivity contribution in [1.82, 2.24) is 25.4 Å². The van der Waals surface area contributed by atoms with Gasteiger partial charge in [0.25, 0.3) is 5.91 Å². The maximum absolute atomic E-state index is 12.6. The molecule has 0 spiro atoms. The number of aliphatic hydroxyl groups excluding tert-OH is 1. The highest BCUT2D eigenvalue weighted by Gasteiger charge is 2.26. The molecule has 1 amide bonds. The molecule has 1 saturated heterocycles. The lowest BCUT2D eigenvalue weighted by molar-refractivity contribution is 0.0917. The van der Waals surface area contributed by atoms with E-state index in [1.807, 2.05) is 60.7 Å². The molecule has 1 aromatic heterocycles. The van der Waals surface area contributed by atoms with Gasteiger partial charge in [-0.1, -0.05) is 48.5 Å². The molecule has 7 nitrogen and oxygen atoms in total. The molecule has 2 heterocycles. The van der Waals surface area contributed by atoms with E-state index >= 15 is 0 Å². The Bertz CT molecular complexity index is 860. The van der Waals surface area contributed by atoms with Crippen LogP contribution in [0.25, 0.3) is 17.1 Å². The number of carbonyl (C=O) groups excluding carboxylic acids is 1. The van der Waals surface area contributed by atoms with Crippen LogP contribution in [0.3, 0.4) is 0 Å². The molecule has 1 aliphatic rings. The third-order valence-electron chi connectivity index (χ3n) is 4.67. The maximum Gasteiger partial charge on any atom is 0.291 e. The van der Waals surface area contributed by atoms with Crippen LogP contribution >= 0.6 is 12.4 Å². The van der Waals surface area contributed by atoms with Crippen molar-refractivity contribution in [3.63, 3.8) is 0 Å². The lowest BCUT2D eigenvalue weighted by Gasteiger charge is -2.12. The summed E-state index contributed by atoms with van der Waals surface area (Å²) in [7, 11) is 0. The number of β-amino-alcohol motifs (C(OH)–C–C–N with tert-alkyl or cyclic N) is 1. The zero-order chi connectivity index (χ0) is 18.6. The molecule has 8 heteroatoms. The first-order valence-corrected chi connectivity index (χ1v) is 8.97. The highest BCUT2D eigenvalue weighted by molar-refractivity contribution is 5.91. The number of aliphatic hydroxyl groups is 1. The molecule has 3 aromatic rings. The van der Waals surface area contributed by atoms with Crippen LogP contribution in [0.4, 0.5) is 0 Å². The Morgan fingerprint density at radius 2 is 1.79 bits per heavy atom. The van der Waals surface area contributed by atoms with Gasteiger partial charge in [-0.3, -0.25) is 4.79 Å². The van der Waals surface area contributed by atoms with E-state index in [2.05, 4.69) is 20.7 Å². The van der Waals surface area contributed by atoms with Crippen LogP contribution in [0, 0.1) is 5.92 Å². The van der Waals surface area contributed by atoms with E-state index in [-0.39, 0.29) is 30.1 Å². The minimum absolute atomic E-state index is 0. The molecular weight excluding hydrogens is 378 g/mol. The average molecular weight is 400 g/mol. The van der Waals surface area contributed by atoms with E-state index in [0.717, 1.165) is 11.3 Å². The number of rotatable bonds is 5. The van der Waals surface area contributed by atoms with Crippen molar-refractivity contribution in [3.8, 4) is 17.1 Å². The number of hydrogen-bond acceptors (Lipinski definition) is 5. The van der Waals surface area contributed by atoms with Crippen molar-refractivity contribution in [2.24, 2.45) is 5.92 Å². The molecule has 0 bridgehead atoms. The Morgan fingerprint density at radius 3 is 2.43 bits per heavy atom. The fraction of sp³-hybridized carbons (Fsp3) is 0.250. The molecule has 2 aromatic carbocycles. The Balaban J connectivity index is 0.00000225. The maximum atomic E-state index is 12.6. The van der Waals surface area contributed by atoms with Gasteiger partial charge >= 0.3 is 0 Å². The van der Waals surface area contributed by atoms with Gasteiger partial charge < -0.3 is 15.7 Å². The van der Waals surface area contributed by atoms with Crippen molar-refractivity contribution in [2.75, 3.05) is 19.6 Å². The summed E-state index contributed by atoms with van der Waals surface area (Å²) in [6.45, 7) is 1.62. The lowest BCUT2D eigenvalue weighted by atomic mass is 10.1. The number of hydrogen-bond donors (Lipinski definition) is 3. The lowest BCUT2D eigenvalue weighted by Crippen LogP contribution is -2.34. The summed E-state index contributed by atoms with van der Waals surface area (Å²) in [5, 5.41) is 20.2. The van der Waals surface area contributed by atoms with E-state index in [9.17, 15) is 9.90 Å². The Morgan fingerprint density at radius 1 is 1.11 bits per heavy atom. The van der Waals surface area contributed by atoms with Gasteiger partial charge in [0.05, 0.1) is 11.8 Å². The van der Waals surface area contributed by atoms with Gasteiger partial charge in [-0.25, -0.2) is 9.67 Å². The second-order valence-electron chi connectivity index (χ2n) is 6.57. The second-order valence-corrected chi connectivity index (χ2v) is 6.57. The number of para-hydroxylation sites is 1. The van der Waals surface area contributed by atoms with Crippen molar-refractivity contribution in [2.45, 2.75) is 6.10 Å². The first kappa shape index (κ1) is 20.0. The van der Waals surface area contributed by atoms with Crippen LogP contribution in [0.2, 0.25) is 0 Å². The minimum Gasteiger partial charge on any atom is -0.391 e. The van der Waals surface area contributed by atoms with E-state index < -0.39 is 6.10 Å². The number of aromatic nitrogens is 3. The van der Waals surface area contributed by atoms with Crippen LogP contribution in [-0.4, -0.2) is 51.5 Å². The van der Waals surface area contributed by atoms with Crippen LogP contribution in [0.15, 0.2) is 60.7 Å². The van der Waals surface area contributed by atoms with Gasteiger partial charge in [0, 0.05) is 31.1 Å². The molecule has 4 rings (SSSR count). The largest absolute Gasteiger partial charge is 0.391 e. The predicted molar refractivity (Wildman–Crippen MR) is 109 cm³/mol. The number of halogens is 1. The third kappa shape index (κ3) is 4.22. The van der Waals surface area contributed by atoms with Crippen molar-refractivity contribution < 1.29 is 9.90 Å². The van der Waals surface area contributed by atoms with Crippen LogP contribution in [0.5, 0.6) is 0 Å². The summed E-state index contributed by atoms with van der Waals surface area (Å²) in [5.74, 6) is 0.368. The molecule has 0 aliphatic carbocycles. The normalized spacial score (nSPS) is 18.5. The molecule has 3 N–H and O–H groups in total.